The van der Waals surface area contributed by atoms with Gasteiger partial charge >= 0.3 is 0 Å². The number of hydrogen-bond acceptors (Lipinski definition) is 4. The van der Waals surface area contributed by atoms with E-state index in [4.69, 9.17) is 0 Å². The first-order chi connectivity index (χ1) is 10.6. The predicted octanol–water partition coefficient (Wildman–Crippen LogP) is 3.14. The number of Topliss-reactive ketones (excluding diaryl/α,β-unsaturated/α-hetero) is 1. The highest BCUT2D eigenvalue weighted by molar-refractivity contribution is 6.36. The summed E-state index contributed by atoms with van der Waals surface area (Å²) >= 11 is 0. The molecule has 0 radical (unpaired) electrons. The third-order valence-corrected chi connectivity index (χ3v) is 3.49. The molecule has 0 fully saturated rings. The lowest BCUT2D eigenvalue weighted by molar-refractivity contribution is -0.110. The maximum absolute atomic E-state index is 12.2. The minimum atomic E-state index is -0.595. The van der Waals surface area contributed by atoms with E-state index in [0.717, 1.165) is 0 Å². The number of phenols is 1. The van der Waals surface area contributed by atoms with Crippen LogP contribution in [0.1, 0.15) is 21.5 Å². The van der Waals surface area contributed by atoms with Gasteiger partial charge in [-0.15, -0.1) is 0 Å². The highest BCUT2D eigenvalue weighted by Gasteiger charge is 2.32. The van der Waals surface area contributed by atoms with Crippen LogP contribution < -0.4 is 0 Å². The number of allylic oxidation sites excluding steroid dienone is 2. The smallest absolute Gasteiger partial charge is 0.201 e. The van der Waals surface area contributed by atoms with Crippen molar-refractivity contribution in [3.05, 3.63) is 76.9 Å². The molecule has 4 heteroatoms. The van der Waals surface area contributed by atoms with Crippen LogP contribution in [0.2, 0.25) is 0 Å². The quantitative estimate of drug-likeness (QED) is 0.673. The molecule has 1 aliphatic carbocycles. The Morgan fingerprint density at radius 2 is 1.55 bits per heavy atom. The Balaban J connectivity index is 1.93. The zero-order valence-corrected chi connectivity index (χ0v) is 11.5. The molecule has 4 nitrogen and oxygen atoms in total. The fraction of sp³-hybridized carbons (Fsp3) is 0. The van der Waals surface area contributed by atoms with Crippen molar-refractivity contribution in [1.29, 1.82) is 0 Å². The maximum atomic E-state index is 12.2. The standard InChI is InChI=1S/C18H12O4/c19-14-8-4-1-5-11(14)9-10-15(20)16-17(21)12-6-2-3-7-13(12)18(16)22/h1-10,19,21H. The number of aliphatic hydroxyl groups excluding tert-OH is 1. The molecule has 1 aliphatic rings. The summed E-state index contributed by atoms with van der Waals surface area (Å²) in [4.78, 5) is 24.4. The highest BCUT2D eigenvalue weighted by Crippen LogP contribution is 2.31. The lowest BCUT2D eigenvalue weighted by atomic mass is 10.0. The summed E-state index contributed by atoms with van der Waals surface area (Å²) in [5.74, 6) is -1.35. The summed E-state index contributed by atoms with van der Waals surface area (Å²) in [5.41, 5.74) is 0.901. The van der Waals surface area contributed by atoms with E-state index in [9.17, 15) is 19.8 Å². The molecule has 0 spiro atoms. The minimum absolute atomic E-state index is 0.0331. The number of para-hydroxylation sites is 1. The normalized spacial score (nSPS) is 13.7. The van der Waals surface area contributed by atoms with E-state index in [2.05, 4.69) is 0 Å². The van der Waals surface area contributed by atoms with Gasteiger partial charge in [-0.05, 0) is 18.2 Å². The number of fused-ring (bicyclic) bond motifs is 1. The minimum Gasteiger partial charge on any atom is -0.507 e. The molecule has 22 heavy (non-hydrogen) atoms. The molecule has 3 rings (SSSR count). The summed E-state index contributed by atoms with van der Waals surface area (Å²) in [6.45, 7) is 0. The Bertz CT molecular complexity index is 844. The Hall–Kier alpha value is -3.14. The Kier molecular flexibility index (Phi) is 3.35. The molecule has 0 amide bonds. The molecule has 0 saturated carbocycles. The molecule has 0 bridgehead atoms. The summed E-state index contributed by atoms with van der Waals surface area (Å²) < 4.78 is 0. The molecule has 0 saturated heterocycles. The highest BCUT2D eigenvalue weighted by atomic mass is 16.3. The number of benzene rings is 2. The van der Waals surface area contributed by atoms with Gasteiger partial charge < -0.3 is 10.2 Å². The van der Waals surface area contributed by atoms with Crippen LogP contribution in [0.5, 0.6) is 5.75 Å². The number of carbonyl (C=O) groups is 2. The lowest BCUT2D eigenvalue weighted by Gasteiger charge is -1.98. The number of ketones is 2. The molecular weight excluding hydrogens is 280 g/mol. The Morgan fingerprint density at radius 3 is 2.23 bits per heavy atom. The van der Waals surface area contributed by atoms with Crippen LogP contribution in [0.25, 0.3) is 11.8 Å². The van der Waals surface area contributed by atoms with E-state index in [-0.39, 0.29) is 17.1 Å². The van der Waals surface area contributed by atoms with Crippen molar-refractivity contribution in [3.63, 3.8) is 0 Å². The average molecular weight is 292 g/mol. The third-order valence-electron chi connectivity index (χ3n) is 3.49. The van der Waals surface area contributed by atoms with Crippen LogP contribution in [0.15, 0.2) is 60.2 Å². The third kappa shape index (κ3) is 2.20. The number of hydrogen-bond donors (Lipinski definition) is 2. The molecule has 0 aliphatic heterocycles. The van der Waals surface area contributed by atoms with Crippen molar-refractivity contribution >= 4 is 23.4 Å². The predicted molar refractivity (Wildman–Crippen MR) is 82.5 cm³/mol. The van der Waals surface area contributed by atoms with Gasteiger partial charge in [-0.1, -0.05) is 42.5 Å². The van der Waals surface area contributed by atoms with Gasteiger partial charge in [0.15, 0.2) is 5.78 Å². The Morgan fingerprint density at radius 1 is 0.909 bits per heavy atom. The second kappa shape index (κ2) is 5.33. The summed E-state index contributed by atoms with van der Waals surface area (Å²) in [5, 5.41) is 19.7. The summed E-state index contributed by atoms with van der Waals surface area (Å²) in [7, 11) is 0. The van der Waals surface area contributed by atoms with Crippen LogP contribution in [0, 0.1) is 0 Å². The summed E-state index contributed by atoms with van der Waals surface area (Å²) in [6.07, 6.45) is 2.58. The van der Waals surface area contributed by atoms with E-state index in [1.165, 1.54) is 18.2 Å². The molecular formula is C18H12O4. The first kappa shape index (κ1) is 13.8. The maximum Gasteiger partial charge on any atom is 0.201 e. The topological polar surface area (TPSA) is 74.6 Å². The van der Waals surface area contributed by atoms with Gasteiger partial charge in [-0.2, -0.15) is 0 Å². The second-order valence-electron chi connectivity index (χ2n) is 4.85. The van der Waals surface area contributed by atoms with Crippen LogP contribution in [-0.4, -0.2) is 21.8 Å². The average Bonchev–Trinajstić information content (AvgIpc) is 2.78. The molecule has 0 heterocycles. The molecule has 2 aromatic carbocycles. The van der Waals surface area contributed by atoms with Gasteiger partial charge in [0.2, 0.25) is 5.78 Å². The van der Waals surface area contributed by atoms with Crippen molar-refractivity contribution in [1.82, 2.24) is 0 Å². The van der Waals surface area contributed by atoms with Gasteiger partial charge in [-0.3, -0.25) is 9.59 Å². The molecule has 2 aromatic rings. The molecule has 108 valence electrons. The number of aliphatic hydroxyl groups is 1. The zero-order chi connectivity index (χ0) is 15.7. The number of rotatable bonds is 3. The SMILES string of the molecule is O=C(C=Cc1ccccc1O)C1=C(O)c2ccccc2C1=O. The summed E-state index contributed by atoms with van der Waals surface area (Å²) in [6, 6.07) is 13.0. The molecule has 0 aromatic heterocycles. The number of carbonyl (C=O) groups excluding carboxylic acids is 2. The van der Waals surface area contributed by atoms with E-state index >= 15 is 0 Å². The number of aromatic hydroxyl groups is 1. The van der Waals surface area contributed by atoms with Gasteiger partial charge in [0.25, 0.3) is 0 Å². The van der Waals surface area contributed by atoms with Crippen molar-refractivity contribution in [2.75, 3.05) is 0 Å². The van der Waals surface area contributed by atoms with Gasteiger partial charge in [0.1, 0.15) is 17.1 Å². The van der Waals surface area contributed by atoms with Crippen molar-refractivity contribution in [2.24, 2.45) is 0 Å². The monoisotopic (exact) mass is 292 g/mol. The molecule has 0 atom stereocenters. The van der Waals surface area contributed by atoms with E-state index < -0.39 is 11.6 Å². The van der Waals surface area contributed by atoms with Crippen molar-refractivity contribution < 1.29 is 19.8 Å². The molecule has 2 N–H and O–H groups in total. The number of phenolic OH excluding ortho intramolecular Hbond substituents is 1. The van der Waals surface area contributed by atoms with Crippen molar-refractivity contribution in [3.8, 4) is 5.75 Å². The fourth-order valence-corrected chi connectivity index (χ4v) is 2.37. The largest absolute Gasteiger partial charge is 0.507 e. The van der Waals surface area contributed by atoms with Gasteiger partial charge in [0, 0.05) is 16.7 Å². The van der Waals surface area contributed by atoms with E-state index in [1.54, 1.807) is 42.5 Å². The van der Waals surface area contributed by atoms with E-state index in [0.29, 0.717) is 16.7 Å². The van der Waals surface area contributed by atoms with Crippen molar-refractivity contribution in [2.45, 2.75) is 0 Å². The van der Waals surface area contributed by atoms with Crippen LogP contribution >= 0.6 is 0 Å². The fourth-order valence-electron chi connectivity index (χ4n) is 2.37. The van der Waals surface area contributed by atoms with Gasteiger partial charge in [-0.25, -0.2) is 0 Å². The van der Waals surface area contributed by atoms with Crippen LogP contribution in [-0.2, 0) is 4.79 Å². The zero-order valence-electron chi connectivity index (χ0n) is 11.5. The first-order valence-electron chi connectivity index (χ1n) is 6.67. The lowest BCUT2D eigenvalue weighted by Crippen LogP contribution is -2.08. The first-order valence-corrected chi connectivity index (χ1v) is 6.67. The van der Waals surface area contributed by atoms with Crippen LogP contribution in [0.3, 0.4) is 0 Å². The molecule has 0 unspecified atom stereocenters. The van der Waals surface area contributed by atoms with E-state index in [1.807, 2.05) is 0 Å². The Labute approximate surface area is 126 Å². The second-order valence-corrected chi connectivity index (χ2v) is 4.85. The van der Waals surface area contributed by atoms with Gasteiger partial charge in [0.05, 0.1) is 0 Å². The van der Waals surface area contributed by atoms with Crippen LogP contribution in [0.4, 0.5) is 0 Å².